The molecule has 11 heteroatoms. The Hall–Kier alpha value is -2.51. The number of nitrogens with zero attached hydrogens (tertiary/aromatic N) is 3. The van der Waals surface area contributed by atoms with E-state index in [0.717, 1.165) is 38.4 Å². The van der Waals surface area contributed by atoms with E-state index in [9.17, 15) is 28.3 Å². The Morgan fingerprint density at radius 3 is 2.21 bits per heavy atom. The van der Waals surface area contributed by atoms with E-state index >= 15 is 0 Å². The maximum atomic E-state index is 14.4. The molecule has 0 unspecified atom stereocenters. The van der Waals surface area contributed by atoms with Gasteiger partial charge in [-0.05, 0) is 61.2 Å². The molecule has 2 aromatic rings. The highest BCUT2D eigenvalue weighted by Gasteiger charge is 2.47. The molecule has 2 aliphatic rings. The van der Waals surface area contributed by atoms with Crippen molar-refractivity contribution in [1.82, 2.24) is 10.2 Å². The average Bonchev–Trinajstić information content (AvgIpc) is 3.68. The van der Waals surface area contributed by atoms with Crippen LogP contribution in [0.25, 0.3) is 0 Å². The third-order valence-corrected chi connectivity index (χ3v) is 8.19. The van der Waals surface area contributed by atoms with E-state index in [1.165, 1.54) is 24.3 Å². The molecule has 2 aromatic carbocycles. The van der Waals surface area contributed by atoms with Crippen LogP contribution in [0.4, 0.5) is 18.9 Å². The Labute approximate surface area is 236 Å². The van der Waals surface area contributed by atoms with Crippen molar-refractivity contribution in [3.63, 3.8) is 0 Å². The molecule has 1 aliphatic heterocycles. The normalized spacial score (nSPS) is 18.8. The molecule has 2 atom stereocenters. The first-order chi connectivity index (χ1) is 18.4. The fourth-order valence-corrected chi connectivity index (χ4v) is 5.49. The first-order valence-corrected chi connectivity index (χ1v) is 13.7. The van der Waals surface area contributed by atoms with Crippen LogP contribution in [-0.4, -0.2) is 60.7 Å². The Bertz CT molecular complexity index is 1200. The van der Waals surface area contributed by atoms with Crippen molar-refractivity contribution < 1.29 is 23.1 Å². The van der Waals surface area contributed by atoms with Crippen molar-refractivity contribution in [2.24, 2.45) is 5.41 Å². The molecule has 0 amide bonds. The number of phenols is 1. The molecule has 0 bridgehead atoms. The largest absolute Gasteiger partial charge is 0.505 e. The number of piperazine rings is 1. The van der Waals surface area contributed by atoms with Crippen LogP contribution in [0, 0.1) is 16.7 Å². The molecule has 1 aliphatic carbocycles. The number of carbonyl (C=O) groups excluding carboxylic acids is 1. The van der Waals surface area contributed by atoms with Crippen LogP contribution in [0.1, 0.15) is 43.4 Å². The second kappa shape index (κ2) is 11.9. The first kappa shape index (κ1) is 29.5. The van der Waals surface area contributed by atoms with Crippen LogP contribution in [0.2, 0.25) is 10.0 Å². The minimum absolute atomic E-state index is 0.0144. The smallest absolute Gasteiger partial charge is 0.407 e. The van der Waals surface area contributed by atoms with Gasteiger partial charge < -0.3 is 14.9 Å². The number of hydrogen-bond acceptors (Lipinski definition) is 6. The molecule has 2 N–H and O–H groups in total. The van der Waals surface area contributed by atoms with Crippen molar-refractivity contribution in [3.8, 4) is 11.8 Å². The first-order valence-electron chi connectivity index (χ1n) is 13.0. The maximum Gasteiger partial charge on any atom is 0.407 e. The van der Waals surface area contributed by atoms with Gasteiger partial charge in [0, 0.05) is 38.3 Å². The number of likely N-dealkylation sites (N-methyl/N-ethyl adjacent to an activating group) is 1. The number of nitriles is 1. The van der Waals surface area contributed by atoms with Gasteiger partial charge in [0.05, 0.1) is 27.6 Å². The zero-order valence-electron chi connectivity index (χ0n) is 21.6. The summed E-state index contributed by atoms with van der Waals surface area (Å²) in [4.78, 5) is 17.8. The van der Waals surface area contributed by atoms with Crippen molar-refractivity contribution >= 4 is 34.7 Å². The standard InChI is InChI=1S/C28H31Cl2F3N4O2/c1-2-36-9-11-37(12-10-36)20-5-3-19(4-6-20)26(28(31,32)33)35-23(24(38)16-27(17-34)7-8-27)15-18-13-21(29)25(39)22(30)14-18/h3-6,13-14,23,26,35,39H,2,7-12,15-16H2,1H3/t23-,26-/m0/s1. The van der Waals surface area contributed by atoms with Gasteiger partial charge in [0.15, 0.2) is 11.5 Å². The molecule has 6 nitrogen and oxygen atoms in total. The predicted octanol–water partition coefficient (Wildman–Crippen LogP) is 5.91. The number of alkyl halides is 3. The zero-order valence-corrected chi connectivity index (χ0v) is 23.1. The molecule has 0 radical (unpaired) electrons. The summed E-state index contributed by atoms with van der Waals surface area (Å²) in [7, 11) is 0. The van der Waals surface area contributed by atoms with E-state index in [2.05, 4.69) is 28.1 Å². The molecule has 210 valence electrons. The van der Waals surface area contributed by atoms with Crippen molar-refractivity contribution in [1.29, 1.82) is 5.26 Å². The van der Waals surface area contributed by atoms with Crippen molar-refractivity contribution in [2.75, 3.05) is 37.6 Å². The topological polar surface area (TPSA) is 79.6 Å². The van der Waals surface area contributed by atoms with Crippen LogP contribution >= 0.6 is 23.2 Å². The monoisotopic (exact) mass is 582 g/mol. The van der Waals surface area contributed by atoms with E-state index < -0.39 is 29.5 Å². The van der Waals surface area contributed by atoms with Gasteiger partial charge in [-0.25, -0.2) is 0 Å². The van der Waals surface area contributed by atoms with Crippen LogP contribution in [0.5, 0.6) is 5.75 Å². The summed E-state index contributed by atoms with van der Waals surface area (Å²) in [5.74, 6) is -0.835. The minimum atomic E-state index is -4.69. The van der Waals surface area contributed by atoms with Gasteiger partial charge in [0.25, 0.3) is 0 Å². The van der Waals surface area contributed by atoms with E-state index in [0.29, 0.717) is 18.4 Å². The molecule has 4 rings (SSSR count). The highest BCUT2D eigenvalue weighted by atomic mass is 35.5. The van der Waals surface area contributed by atoms with Gasteiger partial charge >= 0.3 is 6.18 Å². The molecule has 0 aromatic heterocycles. The van der Waals surface area contributed by atoms with E-state index in [4.69, 9.17) is 23.2 Å². The quantitative estimate of drug-likeness (QED) is 0.362. The highest BCUT2D eigenvalue weighted by molar-refractivity contribution is 6.37. The van der Waals surface area contributed by atoms with E-state index in [1.807, 2.05) is 0 Å². The minimum Gasteiger partial charge on any atom is -0.505 e. The summed E-state index contributed by atoms with van der Waals surface area (Å²) >= 11 is 12.0. The van der Waals surface area contributed by atoms with Gasteiger partial charge in [-0.1, -0.05) is 42.3 Å². The van der Waals surface area contributed by atoms with Crippen molar-refractivity contribution in [3.05, 3.63) is 57.6 Å². The number of rotatable bonds is 10. The summed E-state index contributed by atoms with van der Waals surface area (Å²) < 4.78 is 43.2. The molecule has 1 heterocycles. The summed E-state index contributed by atoms with van der Waals surface area (Å²) in [6.07, 6.45) is -3.91. The number of nitrogens with one attached hydrogen (secondary N) is 1. The third kappa shape index (κ3) is 7.17. The van der Waals surface area contributed by atoms with Crippen LogP contribution in [0.15, 0.2) is 36.4 Å². The lowest BCUT2D eigenvalue weighted by Crippen LogP contribution is -2.46. The van der Waals surface area contributed by atoms with Crippen LogP contribution < -0.4 is 10.2 Å². The van der Waals surface area contributed by atoms with Gasteiger partial charge in [-0.2, -0.15) is 18.4 Å². The van der Waals surface area contributed by atoms with Gasteiger partial charge in [-0.3, -0.25) is 10.1 Å². The highest BCUT2D eigenvalue weighted by Crippen LogP contribution is 2.48. The van der Waals surface area contributed by atoms with Gasteiger partial charge in [0.2, 0.25) is 0 Å². The number of aromatic hydroxyl groups is 1. The lowest BCUT2D eigenvalue weighted by Gasteiger charge is -2.35. The Morgan fingerprint density at radius 1 is 1.13 bits per heavy atom. The van der Waals surface area contributed by atoms with Gasteiger partial charge in [0.1, 0.15) is 6.04 Å². The summed E-state index contributed by atoms with van der Waals surface area (Å²) in [6.45, 7) is 6.44. The molecular weight excluding hydrogens is 552 g/mol. The van der Waals surface area contributed by atoms with Crippen LogP contribution in [-0.2, 0) is 11.2 Å². The number of Topliss-reactive ketones (excluding diaryl/α,β-unsaturated/α-hetero) is 1. The number of benzene rings is 2. The lowest BCUT2D eigenvalue weighted by atomic mass is 9.92. The maximum absolute atomic E-state index is 14.4. The molecule has 1 saturated heterocycles. The second-order valence-electron chi connectivity index (χ2n) is 10.4. The molecular formula is C28H31Cl2F3N4O2. The Kier molecular flexibility index (Phi) is 9.01. The Balaban J connectivity index is 1.58. The van der Waals surface area contributed by atoms with Crippen molar-refractivity contribution in [2.45, 2.75) is 50.9 Å². The number of ketones is 1. The number of hydrogen-bond donors (Lipinski definition) is 2. The predicted molar refractivity (Wildman–Crippen MR) is 145 cm³/mol. The number of halogens is 5. The molecule has 0 spiro atoms. The van der Waals surface area contributed by atoms with Gasteiger partial charge in [-0.15, -0.1) is 0 Å². The summed E-state index contributed by atoms with van der Waals surface area (Å²) in [5.41, 5.74) is 0.400. The number of anilines is 1. The third-order valence-electron chi connectivity index (χ3n) is 7.61. The Morgan fingerprint density at radius 2 is 1.72 bits per heavy atom. The molecule has 2 fully saturated rings. The molecule has 39 heavy (non-hydrogen) atoms. The fourth-order valence-electron chi connectivity index (χ4n) is 4.95. The van der Waals surface area contributed by atoms with E-state index in [-0.39, 0.29) is 34.2 Å². The number of phenolic OH excluding ortho intramolecular Hbond substituents is 1. The lowest BCUT2D eigenvalue weighted by molar-refractivity contribution is -0.160. The average molecular weight is 583 g/mol. The summed E-state index contributed by atoms with van der Waals surface area (Å²) in [5, 5.41) is 21.7. The zero-order chi connectivity index (χ0) is 28.4. The van der Waals surface area contributed by atoms with Crippen LogP contribution in [0.3, 0.4) is 0 Å². The fraction of sp³-hybridized carbons (Fsp3) is 0.500. The SMILES string of the molecule is CCN1CCN(c2ccc([C@H](N[C@@H](Cc3cc(Cl)c(O)c(Cl)c3)C(=O)CC3(C#N)CC3)C(F)(F)F)cc2)CC1. The summed E-state index contributed by atoms with van der Waals surface area (Å²) in [6, 6.07) is 7.76. The van der Waals surface area contributed by atoms with E-state index in [1.54, 1.807) is 12.1 Å². The number of carbonyl (C=O) groups is 1. The second-order valence-corrected chi connectivity index (χ2v) is 11.2. The molecule has 1 saturated carbocycles.